The van der Waals surface area contributed by atoms with Crippen molar-refractivity contribution in [3.05, 3.63) is 108 Å². The monoisotopic (exact) mass is 494 g/mol. The van der Waals surface area contributed by atoms with Crippen molar-refractivity contribution in [3.63, 3.8) is 0 Å². The molecule has 7 nitrogen and oxygen atoms in total. The Hall–Kier alpha value is -4.23. The van der Waals surface area contributed by atoms with Crippen LogP contribution in [0.15, 0.2) is 91.3 Å². The number of fused-ring (bicyclic) bond motifs is 1. The van der Waals surface area contributed by atoms with Crippen molar-refractivity contribution >= 4 is 28.5 Å². The summed E-state index contributed by atoms with van der Waals surface area (Å²) >= 11 is 0. The van der Waals surface area contributed by atoms with Crippen LogP contribution in [-0.4, -0.2) is 46.6 Å². The summed E-state index contributed by atoms with van der Waals surface area (Å²) < 4.78 is 0. The molecule has 0 saturated carbocycles. The van der Waals surface area contributed by atoms with Crippen LogP contribution < -0.4 is 10.6 Å². The number of benzene rings is 3. The summed E-state index contributed by atoms with van der Waals surface area (Å²) in [5.74, 6) is -0.683. The zero-order valence-electron chi connectivity index (χ0n) is 20.7. The van der Waals surface area contributed by atoms with Gasteiger partial charge < -0.3 is 20.6 Å². The lowest BCUT2D eigenvalue weighted by molar-refractivity contribution is 0.0696. The minimum atomic E-state index is -1.08. The standard InChI is InChI=1S/C30H30N4O3/c1-20(26-13-7-11-21-10-5-6-12-27(21)26)32-16-24-18-34(19-28(24)22-8-3-2-4-9-22)30(37)33-25-14-23(29(35)36)15-31-17-25/h2-15,17,20,24,28,32H,16,18-19H2,1H3,(H,33,37)(H,35,36)/t20-,24-,28-/m1/s1. The summed E-state index contributed by atoms with van der Waals surface area (Å²) in [6, 6.07) is 26.4. The van der Waals surface area contributed by atoms with Crippen LogP contribution in [0.3, 0.4) is 0 Å². The van der Waals surface area contributed by atoms with Gasteiger partial charge in [-0.3, -0.25) is 4.98 Å². The lowest BCUT2D eigenvalue weighted by Crippen LogP contribution is -2.34. The van der Waals surface area contributed by atoms with Gasteiger partial charge in [0.2, 0.25) is 0 Å². The van der Waals surface area contributed by atoms with Gasteiger partial charge in [0.05, 0.1) is 17.4 Å². The molecule has 2 amide bonds. The third kappa shape index (κ3) is 5.47. The van der Waals surface area contributed by atoms with E-state index in [9.17, 15) is 14.7 Å². The van der Waals surface area contributed by atoms with Crippen LogP contribution >= 0.6 is 0 Å². The number of carbonyl (C=O) groups excluding carboxylic acids is 1. The smallest absolute Gasteiger partial charge is 0.337 e. The van der Waals surface area contributed by atoms with E-state index >= 15 is 0 Å². The molecule has 1 aromatic heterocycles. The van der Waals surface area contributed by atoms with Gasteiger partial charge in [-0.05, 0) is 40.8 Å². The van der Waals surface area contributed by atoms with E-state index in [-0.39, 0.29) is 29.5 Å². The van der Waals surface area contributed by atoms with Gasteiger partial charge in [0, 0.05) is 37.8 Å². The molecule has 2 heterocycles. The van der Waals surface area contributed by atoms with Crippen molar-refractivity contribution < 1.29 is 14.7 Å². The van der Waals surface area contributed by atoms with Gasteiger partial charge in [0.1, 0.15) is 0 Å². The number of carboxylic acids is 1. The van der Waals surface area contributed by atoms with Crippen LogP contribution in [0.25, 0.3) is 10.8 Å². The van der Waals surface area contributed by atoms with Crippen LogP contribution in [0, 0.1) is 5.92 Å². The van der Waals surface area contributed by atoms with Crippen LogP contribution in [-0.2, 0) is 0 Å². The summed E-state index contributed by atoms with van der Waals surface area (Å²) in [5.41, 5.74) is 2.86. The number of hydrogen-bond donors (Lipinski definition) is 3. The number of aromatic nitrogens is 1. The van der Waals surface area contributed by atoms with E-state index in [2.05, 4.69) is 77.1 Å². The minimum Gasteiger partial charge on any atom is -0.478 e. The molecule has 0 unspecified atom stereocenters. The van der Waals surface area contributed by atoms with Crippen molar-refractivity contribution in [2.75, 3.05) is 25.0 Å². The third-order valence-electron chi connectivity index (χ3n) is 7.17. The molecule has 1 aliphatic rings. The maximum Gasteiger partial charge on any atom is 0.337 e. The van der Waals surface area contributed by atoms with E-state index in [0.29, 0.717) is 18.8 Å². The van der Waals surface area contributed by atoms with Gasteiger partial charge in [0.15, 0.2) is 0 Å². The van der Waals surface area contributed by atoms with Gasteiger partial charge in [-0.2, -0.15) is 0 Å². The third-order valence-corrected chi connectivity index (χ3v) is 7.17. The Morgan fingerprint density at radius 2 is 1.76 bits per heavy atom. The van der Waals surface area contributed by atoms with Gasteiger partial charge in [0.25, 0.3) is 0 Å². The molecule has 0 spiro atoms. The number of hydrogen-bond acceptors (Lipinski definition) is 4. The molecule has 3 aromatic carbocycles. The molecule has 188 valence electrons. The number of amides is 2. The summed E-state index contributed by atoms with van der Waals surface area (Å²) in [5, 5.41) is 18.2. The van der Waals surface area contributed by atoms with Crippen LogP contribution in [0.1, 0.15) is 40.4 Å². The highest BCUT2D eigenvalue weighted by Gasteiger charge is 2.36. The number of nitrogens with zero attached hydrogens (tertiary/aromatic N) is 2. The molecule has 5 rings (SSSR count). The number of urea groups is 1. The summed E-state index contributed by atoms with van der Waals surface area (Å²) in [4.78, 5) is 30.2. The highest BCUT2D eigenvalue weighted by Crippen LogP contribution is 2.33. The summed E-state index contributed by atoms with van der Waals surface area (Å²) in [6.07, 6.45) is 2.72. The molecule has 3 N–H and O–H groups in total. The molecular weight excluding hydrogens is 464 g/mol. The number of pyridine rings is 1. The number of nitrogens with one attached hydrogen (secondary N) is 2. The van der Waals surface area contributed by atoms with Gasteiger partial charge in [-0.15, -0.1) is 0 Å². The van der Waals surface area contributed by atoms with Gasteiger partial charge in [-0.1, -0.05) is 72.8 Å². The Morgan fingerprint density at radius 3 is 2.57 bits per heavy atom. The van der Waals surface area contributed by atoms with E-state index < -0.39 is 5.97 Å². The molecule has 1 aliphatic heterocycles. The lowest BCUT2D eigenvalue weighted by atomic mass is 9.88. The average molecular weight is 495 g/mol. The molecule has 1 saturated heterocycles. The number of rotatable bonds is 7. The molecule has 0 radical (unpaired) electrons. The van der Waals surface area contributed by atoms with E-state index in [4.69, 9.17) is 0 Å². The maximum absolute atomic E-state index is 13.1. The first-order valence-corrected chi connectivity index (χ1v) is 12.5. The van der Waals surface area contributed by atoms with E-state index in [0.717, 1.165) is 6.54 Å². The molecular formula is C30H30N4O3. The highest BCUT2D eigenvalue weighted by molar-refractivity contribution is 5.92. The van der Waals surface area contributed by atoms with Crippen LogP contribution in [0.2, 0.25) is 0 Å². The topological polar surface area (TPSA) is 94.6 Å². The van der Waals surface area contributed by atoms with E-state index in [1.165, 1.54) is 40.4 Å². The van der Waals surface area contributed by atoms with Crippen molar-refractivity contribution in [2.24, 2.45) is 5.92 Å². The predicted octanol–water partition coefficient (Wildman–Crippen LogP) is 5.53. The first kappa shape index (κ1) is 24.5. The summed E-state index contributed by atoms with van der Waals surface area (Å²) in [6.45, 7) is 4.11. The Bertz CT molecular complexity index is 1400. The Kier molecular flexibility index (Phi) is 7.14. The van der Waals surface area contributed by atoms with Crippen molar-refractivity contribution in [3.8, 4) is 0 Å². The fraction of sp³-hybridized carbons (Fsp3) is 0.233. The molecule has 3 atom stereocenters. The van der Waals surface area contributed by atoms with Crippen LogP contribution in [0.5, 0.6) is 0 Å². The highest BCUT2D eigenvalue weighted by atomic mass is 16.4. The minimum absolute atomic E-state index is 0.0332. The van der Waals surface area contributed by atoms with Gasteiger partial charge >= 0.3 is 12.0 Å². The first-order chi connectivity index (χ1) is 18.0. The summed E-state index contributed by atoms with van der Waals surface area (Å²) in [7, 11) is 0. The Morgan fingerprint density at radius 1 is 1.00 bits per heavy atom. The second kappa shape index (κ2) is 10.8. The molecule has 0 aliphatic carbocycles. The average Bonchev–Trinajstić information content (AvgIpc) is 3.36. The van der Waals surface area contributed by atoms with E-state index in [1.807, 2.05) is 18.2 Å². The quantitative estimate of drug-likeness (QED) is 0.314. The van der Waals surface area contributed by atoms with Crippen LogP contribution in [0.4, 0.5) is 10.5 Å². The fourth-order valence-corrected chi connectivity index (χ4v) is 5.22. The van der Waals surface area contributed by atoms with Crippen molar-refractivity contribution in [2.45, 2.75) is 18.9 Å². The normalized spacial score (nSPS) is 18.0. The number of anilines is 1. The zero-order valence-corrected chi connectivity index (χ0v) is 20.7. The van der Waals surface area contributed by atoms with Crippen molar-refractivity contribution in [1.29, 1.82) is 0 Å². The largest absolute Gasteiger partial charge is 0.478 e. The molecule has 1 fully saturated rings. The Balaban J connectivity index is 1.31. The second-order valence-electron chi connectivity index (χ2n) is 9.58. The maximum atomic E-state index is 13.1. The van der Waals surface area contributed by atoms with E-state index in [1.54, 1.807) is 4.90 Å². The number of likely N-dealkylation sites (tertiary alicyclic amines) is 1. The molecule has 4 aromatic rings. The molecule has 7 heteroatoms. The second-order valence-corrected chi connectivity index (χ2v) is 9.58. The number of aromatic carboxylic acids is 1. The zero-order chi connectivity index (χ0) is 25.8. The number of carbonyl (C=O) groups is 2. The molecule has 37 heavy (non-hydrogen) atoms. The first-order valence-electron chi connectivity index (χ1n) is 12.5. The predicted molar refractivity (Wildman–Crippen MR) is 145 cm³/mol. The SMILES string of the molecule is C[C@@H](NC[C@@H]1CN(C(=O)Nc2cncc(C(=O)O)c2)C[C@@H]1c1ccccc1)c1cccc2ccccc12. The molecule has 0 bridgehead atoms. The van der Waals surface area contributed by atoms with Crippen molar-refractivity contribution in [1.82, 2.24) is 15.2 Å². The fourth-order valence-electron chi connectivity index (χ4n) is 5.22. The lowest BCUT2D eigenvalue weighted by Gasteiger charge is -2.23. The number of carboxylic acid groups (broad SMARTS) is 1. The van der Waals surface area contributed by atoms with Gasteiger partial charge in [-0.25, -0.2) is 9.59 Å². The Labute approximate surface area is 216 Å².